The molecule has 3 heteroatoms. The predicted octanol–water partition coefficient (Wildman–Crippen LogP) is 6.49. The van der Waals surface area contributed by atoms with Crippen molar-refractivity contribution in [2.24, 2.45) is 23.2 Å². The molecule has 0 aromatic heterocycles. The quantitative estimate of drug-likeness (QED) is 0.296. The lowest BCUT2D eigenvalue weighted by Gasteiger charge is -2.43. The first-order valence-electron chi connectivity index (χ1n) is 13.8. The maximum Gasteiger partial charge on any atom is 0.0811 e. The van der Waals surface area contributed by atoms with E-state index in [4.69, 9.17) is 0 Å². The Morgan fingerprint density at radius 3 is 2.65 bits per heavy atom. The summed E-state index contributed by atoms with van der Waals surface area (Å²) in [6.07, 6.45) is 14.7. The van der Waals surface area contributed by atoms with Crippen molar-refractivity contribution in [3.05, 3.63) is 35.5 Å². The second kappa shape index (κ2) is 11.6. The number of fused-ring (bicyclic) bond motifs is 1. The van der Waals surface area contributed by atoms with E-state index >= 15 is 0 Å². The van der Waals surface area contributed by atoms with Crippen LogP contribution in [0.2, 0.25) is 0 Å². The van der Waals surface area contributed by atoms with Gasteiger partial charge < -0.3 is 15.3 Å². The molecule has 3 saturated carbocycles. The van der Waals surface area contributed by atoms with Crippen LogP contribution in [0.4, 0.5) is 0 Å². The highest BCUT2D eigenvalue weighted by Crippen LogP contribution is 2.59. The number of hydrogen-bond acceptors (Lipinski definition) is 3. The Kier molecular flexibility index (Phi) is 9.29. The molecule has 0 bridgehead atoms. The topological polar surface area (TPSA) is 60.7 Å². The molecule has 0 heterocycles. The number of allylic oxidation sites excluding steroid dienone is 3. The zero-order valence-electron chi connectivity index (χ0n) is 22.1. The van der Waals surface area contributed by atoms with Crippen LogP contribution < -0.4 is 0 Å². The van der Waals surface area contributed by atoms with Gasteiger partial charge in [-0.15, -0.1) is 5.92 Å². The summed E-state index contributed by atoms with van der Waals surface area (Å²) < 4.78 is 0. The largest absolute Gasteiger partial charge is 0.393 e. The maximum absolute atomic E-state index is 10.5. The van der Waals surface area contributed by atoms with Crippen molar-refractivity contribution in [1.82, 2.24) is 0 Å². The van der Waals surface area contributed by atoms with Gasteiger partial charge in [-0.3, -0.25) is 0 Å². The minimum atomic E-state index is -0.627. The average molecular weight is 469 g/mol. The minimum Gasteiger partial charge on any atom is -0.393 e. The Labute approximate surface area is 208 Å². The molecular formula is C31H48O3. The van der Waals surface area contributed by atoms with Crippen molar-refractivity contribution >= 4 is 0 Å². The van der Waals surface area contributed by atoms with Crippen LogP contribution in [-0.4, -0.2) is 33.1 Å². The Morgan fingerprint density at radius 2 is 1.94 bits per heavy atom. The van der Waals surface area contributed by atoms with Crippen LogP contribution in [0.1, 0.15) is 105 Å². The van der Waals surface area contributed by atoms with Crippen LogP contribution >= 0.6 is 0 Å². The van der Waals surface area contributed by atoms with E-state index in [0.717, 1.165) is 49.7 Å². The molecule has 0 radical (unpaired) electrons. The third-order valence-electron chi connectivity index (χ3n) is 9.50. The molecule has 3 N–H and O–H groups in total. The van der Waals surface area contributed by atoms with Gasteiger partial charge in [-0.2, -0.15) is 0 Å². The molecule has 0 aromatic rings. The Hall–Kier alpha value is -1.34. The molecule has 0 saturated heterocycles. The monoisotopic (exact) mass is 468 g/mol. The van der Waals surface area contributed by atoms with Gasteiger partial charge in [0.25, 0.3) is 0 Å². The fourth-order valence-corrected chi connectivity index (χ4v) is 7.01. The highest BCUT2D eigenvalue weighted by molar-refractivity contribution is 5.38. The number of unbranched alkanes of at least 4 members (excludes halogenated alkanes) is 1. The second-order valence-corrected chi connectivity index (χ2v) is 11.6. The number of rotatable bonds is 7. The lowest BCUT2D eigenvalue weighted by molar-refractivity contribution is 0.0221. The van der Waals surface area contributed by atoms with Gasteiger partial charge in [0.15, 0.2) is 0 Å². The van der Waals surface area contributed by atoms with Gasteiger partial charge in [-0.1, -0.05) is 57.9 Å². The van der Waals surface area contributed by atoms with E-state index in [1.807, 2.05) is 0 Å². The molecule has 190 valence electrons. The lowest BCUT2D eigenvalue weighted by atomic mass is 9.61. The molecule has 3 fully saturated rings. The van der Waals surface area contributed by atoms with Crippen LogP contribution in [0.15, 0.2) is 35.5 Å². The third kappa shape index (κ3) is 6.07. The molecule has 6 atom stereocenters. The molecule has 3 nitrogen and oxygen atoms in total. The second-order valence-electron chi connectivity index (χ2n) is 11.6. The molecule has 0 aliphatic heterocycles. The predicted molar refractivity (Wildman–Crippen MR) is 141 cm³/mol. The summed E-state index contributed by atoms with van der Waals surface area (Å²) in [5.41, 5.74) is 3.08. The van der Waals surface area contributed by atoms with Crippen molar-refractivity contribution in [1.29, 1.82) is 0 Å². The highest BCUT2D eigenvalue weighted by Gasteiger charge is 2.50. The van der Waals surface area contributed by atoms with Crippen LogP contribution in [0.25, 0.3) is 0 Å². The first kappa shape index (κ1) is 27.3. The fourth-order valence-electron chi connectivity index (χ4n) is 7.01. The molecule has 3 rings (SSSR count). The summed E-state index contributed by atoms with van der Waals surface area (Å²) in [7, 11) is 0. The third-order valence-corrected chi connectivity index (χ3v) is 9.50. The smallest absolute Gasteiger partial charge is 0.0811 e. The van der Waals surface area contributed by atoms with Crippen molar-refractivity contribution < 1.29 is 15.3 Å². The van der Waals surface area contributed by atoms with E-state index in [2.05, 4.69) is 58.3 Å². The van der Waals surface area contributed by atoms with E-state index in [1.165, 1.54) is 31.3 Å². The summed E-state index contributed by atoms with van der Waals surface area (Å²) in [6, 6.07) is 0. The summed E-state index contributed by atoms with van der Waals surface area (Å²) in [4.78, 5) is 0. The van der Waals surface area contributed by atoms with E-state index in [0.29, 0.717) is 36.0 Å². The van der Waals surface area contributed by atoms with E-state index in [-0.39, 0.29) is 0 Å². The number of hydrogen-bond donors (Lipinski definition) is 3. The summed E-state index contributed by atoms with van der Waals surface area (Å²) in [5, 5.41) is 30.7. The molecule has 3 aliphatic carbocycles. The normalized spacial score (nSPS) is 35.2. The standard InChI is InChI=1S/C31H48O3/c1-6-31(34,7-2)19-10-8-9-12-22(3)27-16-17-28-24(13-11-18-30(27,28)5)14-15-25-20-26(32)21-29(33)23(25)4/h14-15,22,26-29,32-34H,4,6-8,10-11,13,16-21H2,1-3,5H3/b24-14+,25-15-/t22-,26-,27-,28+,29+,30-/m1/s1. The summed E-state index contributed by atoms with van der Waals surface area (Å²) in [5.74, 6) is 8.65. The Balaban J connectivity index is 1.64. The van der Waals surface area contributed by atoms with Crippen molar-refractivity contribution in [2.45, 2.75) is 123 Å². The maximum atomic E-state index is 10.5. The Bertz CT molecular complexity index is 836. The molecule has 0 unspecified atom stereocenters. The summed E-state index contributed by atoms with van der Waals surface area (Å²) >= 11 is 0. The van der Waals surface area contributed by atoms with Gasteiger partial charge >= 0.3 is 0 Å². The summed E-state index contributed by atoms with van der Waals surface area (Å²) in [6.45, 7) is 13.0. The van der Waals surface area contributed by atoms with Gasteiger partial charge in [-0.25, -0.2) is 0 Å². The average Bonchev–Trinajstić information content (AvgIpc) is 3.17. The van der Waals surface area contributed by atoms with Crippen LogP contribution in [0, 0.1) is 35.0 Å². The van der Waals surface area contributed by atoms with Gasteiger partial charge in [0.05, 0.1) is 17.8 Å². The first-order valence-corrected chi connectivity index (χ1v) is 13.8. The highest BCUT2D eigenvalue weighted by atomic mass is 16.3. The molecular weight excluding hydrogens is 420 g/mol. The number of aliphatic hydroxyl groups excluding tert-OH is 2. The van der Waals surface area contributed by atoms with Crippen LogP contribution in [-0.2, 0) is 0 Å². The molecule has 3 aliphatic rings. The molecule has 0 spiro atoms. The Morgan fingerprint density at radius 1 is 1.21 bits per heavy atom. The van der Waals surface area contributed by atoms with Crippen molar-refractivity contribution in [2.75, 3.05) is 0 Å². The van der Waals surface area contributed by atoms with Crippen LogP contribution in [0.3, 0.4) is 0 Å². The zero-order chi connectivity index (χ0) is 24.9. The number of aliphatic hydroxyl groups is 3. The van der Waals surface area contributed by atoms with Gasteiger partial charge in [-0.05, 0) is 92.6 Å². The molecule has 0 aromatic carbocycles. The van der Waals surface area contributed by atoms with E-state index in [1.54, 1.807) is 0 Å². The first-order chi connectivity index (χ1) is 16.1. The van der Waals surface area contributed by atoms with Crippen molar-refractivity contribution in [3.8, 4) is 11.8 Å². The fraction of sp³-hybridized carbons (Fsp3) is 0.742. The zero-order valence-corrected chi connectivity index (χ0v) is 22.1. The minimum absolute atomic E-state index is 0.296. The molecule has 0 amide bonds. The molecule has 34 heavy (non-hydrogen) atoms. The van der Waals surface area contributed by atoms with E-state index in [9.17, 15) is 15.3 Å². The van der Waals surface area contributed by atoms with Crippen molar-refractivity contribution in [3.63, 3.8) is 0 Å². The van der Waals surface area contributed by atoms with Crippen LogP contribution in [0.5, 0.6) is 0 Å². The van der Waals surface area contributed by atoms with Gasteiger partial charge in [0, 0.05) is 18.8 Å². The lowest BCUT2D eigenvalue weighted by Crippen LogP contribution is -2.35. The van der Waals surface area contributed by atoms with Gasteiger partial charge in [0.2, 0.25) is 0 Å². The van der Waals surface area contributed by atoms with Gasteiger partial charge in [0.1, 0.15) is 0 Å². The van der Waals surface area contributed by atoms with E-state index < -0.39 is 17.8 Å². The SMILES string of the molecule is C=C1/C(=C\C=C2/CCC[C@]3(C)[C@@H]([C@H](C)C#CCCCC(O)(CC)CC)CC[C@@H]23)C[C@@H](O)C[C@@H]1O.